The zero-order valence-corrected chi connectivity index (χ0v) is 23.9. The molecule has 2 aromatic heterocycles. The van der Waals surface area contributed by atoms with Crippen molar-refractivity contribution in [2.24, 2.45) is 23.9 Å². The number of halogens is 3. The first-order chi connectivity index (χ1) is 20.6. The summed E-state index contributed by atoms with van der Waals surface area (Å²) in [6.45, 7) is 4.84. The first-order valence-electron chi connectivity index (χ1n) is 14.1. The number of anilines is 1. The van der Waals surface area contributed by atoms with E-state index in [1.807, 2.05) is 12.1 Å². The van der Waals surface area contributed by atoms with Crippen molar-refractivity contribution in [1.82, 2.24) is 29.8 Å². The molecule has 43 heavy (non-hydrogen) atoms. The van der Waals surface area contributed by atoms with Crippen molar-refractivity contribution in [2.75, 3.05) is 5.32 Å². The van der Waals surface area contributed by atoms with Gasteiger partial charge in [-0.15, -0.1) is 0 Å². The number of aromatic amines is 1. The molecule has 1 aliphatic carbocycles. The number of alkyl halides is 3. The molecule has 2 heterocycles. The van der Waals surface area contributed by atoms with Crippen molar-refractivity contribution in [3.05, 3.63) is 94.6 Å². The minimum absolute atomic E-state index is 0.118. The third kappa shape index (κ3) is 5.81. The Bertz CT molecular complexity index is 1810. The van der Waals surface area contributed by atoms with Gasteiger partial charge in [-0.3, -0.25) is 10.1 Å². The quantitative estimate of drug-likeness (QED) is 0.247. The number of carbonyl (C=O) groups is 1. The second-order valence-corrected chi connectivity index (χ2v) is 11.4. The third-order valence-corrected chi connectivity index (χ3v) is 8.51. The summed E-state index contributed by atoms with van der Waals surface area (Å²) in [6.07, 6.45) is -2.15. The van der Waals surface area contributed by atoms with E-state index in [-0.39, 0.29) is 12.5 Å². The van der Waals surface area contributed by atoms with E-state index in [1.165, 1.54) is 24.5 Å². The molecule has 5 aromatic rings. The number of H-pyrrole nitrogens is 1. The number of hydrogen-bond donors (Lipinski definition) is 2. The van der Waals surface area contributed by atoms with Crippen LogP contribution in [0.25, 0.3) is 11.0 Å². The number of aryl methyl sites for hydroxylation is 1. The molecule has 2 N–H and O–H groups in total. The van der Waals surface area contributed by atoms with Crippen molar-refractivity contribution < 1.29 is 18.0 Å². The Morgan fingerprint density at radius 2 is 1.70 bits per heavy atom. The van der Waals surface area contributed by atoms with E-state index in [2.05, 4.69) is 51.9 Å². The zero-order chi connectivity index (χ0) is 30.3. The van der Waals surface area contributed by atoms with Crippen LogP contribution >= 0.6 is 0 Å². The van der Waals surface area contributed by atoms with Crippen LogP contribution in [0, 0.1) is 11.8 Å². The maximum absolute atomic E-state index is 13.7. The van der Waals surface area contributed by atoms with Gasteiger partial charge in [-0.1, -0.05) is 43.2 Å². The molecular formula is C31H31F3N8O. The Morgan fingerprint density at radius 1 is 1.00 bits per heavy atom. The first kappa shape index (κ1) is 28.4. The Morgan fingerprint density at radius 3 is 2.33 bits per heavy atom. The van der Waals surface area contributed by atoms with Gasteiger partial charge in [0, 0.05) is 12.6 Å². The van der Waals surface area contributed by atoms with Crippen LogP contribution in [0.2, 0.25) is 0 Å². The van der Waals surface area contributed by atoms with Crippen LogP contribution in [0.4, 0.5) is 24.8 Å². The molecule has 0 bridgehead atoms. The number of nitrogens with zero attached hydrogens (tertiary/aromatic N) is 6. The van der Waals surface area contributed by atoms with Gasteiger partial charge in [-0.2, -0.15) is 13.2 Å². The highest BCUT2D eigenvalue weighted by Gasteiger charge is 2.31. The molecule has 0 spiro atoms. The number of imidazole rings is 1. The minimum Gasteiger partial charge on any atom is -0.313 e. The third-order valence-electron chi connectivity index (χ3n) is 8.51. The lowest BCUT2D eigenvalue weighted by Gasteiger charge is -2.10. The average Bonchev–Trinajstić information content (AvgIpc) is 3.69. The van der Waals surface area contributed by atoms with Gasteiger partial charge >= 0.3 is 6.18 Å². The lowest BCUT2D eigenvalue weighted by molar-refractivity contribution is -0.137. The minimum atomic E-state index is -4.49. The fourth-order valence-corrected chi connectivity index (χ4v) is 5.89. The van der Waals surface area contributed by atoms with Gasteiger partial charge in [0.25, 0.3) is 5.91 Å². The van der Waals surface area contributed by atoms with Gasteiger partial charge in [-0.05, 0) is 94.6 Å². The van der Waals surface area contributed by atoms with Crippen LogP contribution in [0.3, 0.4) is 0 Å². The highest BCUT2D eigenvalue weighted by atomic mass is 19.4. The maximum Gasteiger partial charge on any atom is 0.416 e. The molecule has 12 heteroatoms. The summed E-state index contributed by atoms with van der Waals surface area (Å²) in [7, 11) is 1.80. The number of hydrogen-bond acceptors (Lipinski definition) is 5. The largest absolute Gasteiger partial charge is 0.416 e. The summed E-state index contributed by atoms with van der Waals surface area (Å²) in [5.74, 6) is 1.63. The number of aromatic nitrogens is 6. The second kappa shape index (κ2) is 11.2. The normalized spacial score (nSPS) is 19.3. The van der Waals surface area contributed by atoms with E-state index in [9.17, 15) is 18.0 Å². The van der Waals surface area contributed by atoms with Crippen LogP contribution in [-0.2, 0) is 19.8 Å². The van der Waals surface area contributed by atoms with E-state index in [4.69, 9.17) is 4.99 Å². The molecule has 2 unspecified atom stereocenters. The molecule has 2 atom stereocenters. The van der Waals surface area contributed by atoms with E-state index in [0.717, 1.165) is 17.7 Å². The molecule has 1 fully saturated rings. The SMILES string of the molecule is CC1CC(c2ccc(N=c3n(C)c4ccc(C(F)(F)F)cc4n3Cc3ccc(C(=O)Nc4nnn[nH]4)cc3)cc2)CC1C. The molecule has 0 aliphatic heterocycles. The van der Waals surface area contributed by atoms with E-state index in [0.29, 0.717) is 45.7 Å². The summed E-state index contributed by atoms with van der Waals surface area (Å²) in [5, 5.41) is 15.5. The molecule has 1 aliphatic rings. The lowest BCUT2D eigenvalue weighted by Crippen LogP contribution is -2.24. The smallest absolute Gasteiger partial charge is 0.313 e. The van der Waals surface area contributed by atoms with Gasteiger partial charge in [0.2, 0.25) is 11.6 Å². The molecule has 0 radical (unpaired) electrons. The average molecular weight is 589 g/mol. The van der Waals surface area contributed by atoms with Gasteiger partial charge in [0.15, 0.2) is 0 Å². The summed E-state index contributed by atoms with van der Waals surface area (Å²) in [4.78, 5) is 17.4. The standard InChI is InChI=1S/C31H31F3N8O/c1-18-14-23(15-19(18)2)21-8-11-25(12-9-21)35-30-41(3)26-13-10-24(31(32,33)34)16-27(26)42(30)17-20-4-6-22(7-5-20)28(43)36-29-37-39-40-38-29/h4-13,16,18-19,23H,14-15,17H2,1-3H3,(H2,36,37,38,39,40,43). The fourth-order valence-electron chi connectivity index (χ4n) is 5.89. The van der Waals surface area contributed by atoms with Crippen LogP contribution in [0.5, 0.6) is 0 Å². The Balaban J connectivity index is 1.36. The zero-order valence-electron chi connectivity index (χ0n) is 23.9. The Labute approximate surface area is 245 Å². The highest BCUT2D eigenvalue weighted by molar-refractivity contribution is 6.03. The predicted molar refractivity (Wildman–Crippen MR) is 156 cm³/mol. The predicted octanol–water partition coefficient (Wildman–Crippen LogP) is 6.19. The van der Waals surface area contributed by atoms with Crippen molar-refractivity contribution in [3.8, 4) is 0 Å². The highest BCUT2D eigenvalue weighted by Crippen LogP contribution is 2.42. The number of nitrogens with one attached hydrogen (secondary N) is 2. The number of benzene rings is 3. The van der Waals surface area contributed by atoms with Crippen molar-refractivity contribution >= 4 is 28.6 Å². The molecule has 9 nitrogen and oxygen atoms in total. The van der Waals surface area contributed by atoms with Crippen molar-refractivity contribution in [2.45, 2.75) is 45.3 Å². The lowest BCUT2D eigenvalue weighted by atomic mass is 9.96. The Hall–Kier alpha value is -4.74. The fraction of sp³-hybridized carbons (Fsp3) is 0.323. The molecule has 222 valence electrons. The number of fused-ring (bicyclic) bond motifs is 1. The molecule has 6 rings (SSSR count). The number of carbonyl (C=O) groups excluding carboxylic acids is 1. The Kier molecular flexibility index (Phi) is 7.37. The molecule has 1 amide bonds. The van der Waals surface area contributed by atoms with Crippen LogP contribution in [0.1, 0.15) is 59.7 Å². The summed E-state index contributed by atoms with van der Waals surface area (Å²) < 4.78 is 44.7. The van der Waals surface area contributed by atoms with E-state index < -0.39 is 17.6 Å². The van der Waals surface area contributed by atoms with Gasteiger partial charge in [0.1, 0.15) is 0 Å². The molecule has 3 aromatic carbocycles. The molecular weight excluding hydrogens is 557 g/mol. The van der Waals surface area contributed by atoms with Crippen LogP contribution < -0.4 is 10.9 Å². The monoisotopic (exact) mass is 588 g/mol. The topological polar surface area (TPSA) is 106 Å². The first-order valence-corrected chi connectivity index (χ1v) is 14.1. The van der Waals surface area contributed by atoms with Crippen LogP contribution in [0.15, 0.2) is 71.7 Å². The van der Waals surface area contributed by atoms with Crippen LogP contribution in [-0.4, -0.2) is 35.7 Å². The molecule has 0 saturated heterocycles. The summed E-state index contributed by atoms with van der Waals surface area (Å²) >= 11 is 0. The van der Waals surface area contributed by atoms with Crippen molar-refractivity contribution in [3.63, 3.8) is 0 Å². The van der Waals surface area contributed by atoms with Crippen molar-refractivity contribution in [1.29, 1.82) is 0 Å². The second-order valence-electron chi connectivity index (χ2n) is 11.4. The van der Waals surface area contributed by atoms with Gasteiger partial charge < -0.3 is 9.13 Å². The van der Waals surface area contributed by atoms with E-state index >= 15 is 0 Å². The number of amides is 1. The number of rotatable bonds is 6. The number of tetrazole rings is 1. The summed E-state index contributed by atoms with van der Waals surface area (Å²) in [5.41, 5.74) is 3.96. The summed E-state index contributed by atoms with van der Waals surface area (Å²) in [6, 6.07) is 18.7. The maximum atomic E-state index is 13.7. The molecule has 1 saturated carbocycles. The van der Waals surface area contributed by atoms with Gasteiger partial charge in [0.05, 0.1) is 28.8 Å². The van der Waals surface area contributed by atoms with E-state index in [1.54, 1.807) is 40.4 Å². The van der Waals surface area contributed by atoms with Gasteiger partial charge in [-0.25, -0.2) is 10.1 Å².